The molecular formula is C20H24S2Si2. The lowest BCUT2D eigenvalue weighted by molar-refractivity contribution is 1.74. The summed E-state index contributed by atoms with van der Waals surface area (Å²) >= 11 is 3.97. The van der Waals surface area contributed by atoms with Crippen LogP contribution in [0.2, 0.25) is 39.3 Å². The lowest BCUT2D eigenvalue weighted by atomic mass is 10.2. The smallest absolute Gasteiger partial charge is 0.0776 e. The zero-order valence-corrected chi connectivity index (χ0v) is 18.9. The SMILES string of the molecule is C[Si](C)(C)c1ccc2c(c1)sc1c3ccc([Si](C)(C)C)cc3sc21. The van der Waals surface area contributed by atoms with E-state index in [1.165, 1.54) is 29.6 Å². The van der Waals surface area contributed by atoms with Crippen molar-refractivity contribution in [2.45, 2.75) is 39.3 Å². The fraction of sp³-hybridized carbons (Fsp3) is 0.300. The van der Waals surface area contributed by atoms with Gasteiger partial charge in [0.15, 0.2) is 0 Å². The van der Waals surface area contributed by atoms with E-state index in [0.29, 0.717) is 0 Å². The summed E-state index contributed by atoms with van der Waals surface area (Å²) in [6.45, 7) is 14.6. The van der Waals surface area contributed by atoms with E-state index in [1.807, 2.05) is 22.7 Å². The van der Waals surface area contributed by atoms with Crippen LogP contribution in [-0.2, 0) is 0 Å². The highest BCUT2D eigenvalue weighted by molar-refractivity contribution is 7.36. The Hall–Kier alpha value is -0.946. The van der Waals surface area contributed by atoms with Crippen LogP contribution in [0.25, 0.3) is 29.6 Å². The molecule has 0 aliphatic heterocycles. The molecule has 0 bridgehead atoms. The number of hydrogen-bond acceptors (Lipinski definition) is 2. The van der Waals surface area contributed by atoms with Gasteiger partial charge < -0.3 is 0 Å². The van der Waals surface area contributed by atoms with E-state index >= 15 is 0 Å². The molecule has 0 unspecified atom stereocenters. The second-order valence-electron chi connectivity index (χ2n) is 8.78. The Bertz CT molecular complexity index is 985. The van der Waals surface area contributed by atoms with Crippen molar-refractivity contribution >= 4 is 78.8 Å². The van der Waals surface area contributed by atoms with Crippen molar-refractivity contribution in [1.82, 2.24) is 0 Å². The quantitative estimate of drug-likeness (QED) is 0.353. The number of rotatable bonds is 2. The largest absolute Gasteiger partial charge is 0.134 e. The molecule has 0 nitrogen and oxygen atoms in total. The molecule has 0 aliphatic carbocycles. The molecule has 2 heterocycles. The normalized spacial score (nSPS) is 13.4. The lowest BCUT2D eigenvalue weighted by Crippen LogP contribution is -2.37. The summed E-state index contributed by atoms with van der Waals surface area (Å²) in [6, 6.07) is 14.4. The Labute approximate surface area is 154 Å². The average Bonchev–Trinajstić information content (AvgIpc) is 2.99. The Kier molecular flexibility index (Phi) is 3.63. The van der Waals surface area contributed by atoms with Crippen LogP contribution < -0.4 is 10.4 Å². The summed E-state index contributed by atoms with van der Waals surface area (Å²) in [6.07, 6.45) is 0. The summed E-state index contributed by atoms with van der Waals surface area (Å²) in [4.78, 5) is 0. The second kappa shape index (κ2) is 5.27. The second-order valence-corrected chi connectivity index (χ2v) is 21.0. The summed E-state index contributed by atoms with van der Waals surface area (Å²) in [7, 11) is -2.49. The van der Waals surface area contributed by atoms with Gasteiger partial charge in [0.05, 0.1) is 25.5 Å². The van der Waals surface area contributed by atoms with Gasteiger partial charge in [-0.25, -0.2) is 0 Å². The minimum atomic E-state index is -1.25. The van der Waals surface area contributed by atoms with Crippen LogP contribution in [0.15, 0.2) is 36.4 Å². The van der Waals surface area contributed by atoms with Crippen molar-refractivity contribution in [3.05, 3.63) is 36.4 Å². The first-order chi connectivity index (χ1) is 11.1. The zero-order valence-electron chi connectivity index (χ0n) is 15.3. The Morgan fingerprint density at radius 2 is 0.958 bits per heavy atom. The molecule has 2 aromatic carbocycles. The van der Waals surface area contributed by atoms with E-state index in [9.17, 15) is 0 Å². The maximum atomic E-state index is 2.46. The lowest BCUT2D eigenvalue weighted by Gasteiger charge is -2.16. The van der Waals surface area contributed by atoms with E-state index < -0.39 is 16.1 Å². The molecule has 0 amide bonds. The molecule has 2 aromatic heterocycles. The van der Waals surface area contributed by atoms with Gasteiger partial charge >= 0.3 is 0 Å². The molecule has 4 heteroatoms. The Balaban J connectivity index is 1.98. The minimum Gasteiger partial charge on any atom is -0.134 e. The van der Waals surface area contributed by atoms with Crippen molar-refractivity contribution in [1.29, 1.82) is 0 Å². The number of thiophene rings is 2. The Morgan fingerprint density at radius 1 is 0.583 bits per heavy atom. The molecule has 0 spiro atoms. The topological polar surface area (TPSA) is 0 Å². The first-order valence-electron chi connectivity index (χ1n) is 8.54. The van der Waals surface area contributed by atoms with Crippen LogP contribution >= 0.6 is 22.7 Å². The molecule has 0 N–H and O–H groups in total. The highest BCUT2D eigenvalue weighted by Gasteiger charge is 2.20. The van der Waals surface area contributed by atoms with Gasteiger partial charge in [0.25, 0.3) is 0 Å². The van der Waals surface area contributed by atoms with Crippen LogP contribution in [0.4, 0.5) is 0 Å². The van der Waals surface area contributed by atoms with Gasteiger partial charge in [0, 0.05) is 20.2 Å². The maximum Gasteiger partial charge on any atom is 0.0776 e. The zero-order chi connectivity index (χ0) is 17.3. The van der Waals surface area contributed by atoms with Crippen molar-refractivity contribution in [2.24, 2.45) is 0 Å². The molecule has 0 atom stereocenters. The van der Waals surface area contributed by atoms with Crippen LogP contribution in [0.5, 0.6) is 0 Å². The molecule has 0 aliphatic rings. The standard InChI is InChI=1S/C20H24S2Si2/c1-23(2,3)13-7-9-15-17(11-13)21-20-16-10-8-14(24(4,5)6)12-18(16)22-19(15)20/h7-12H,1-6H3. The fourth-order valence-electron chi connectivity index (χ4n) is 3.19. The van der Waals surface area contributed by atoms with Gasteiger partial charge in [-0.15, -0.1) is 22.7 Å². The molecule has 0 saturated carbocycles. The van der Waals surface area contributed by atoms with E-state index in [0.717, 1.165) is 0 Å². The highest BCUT2D eigenvalue weighted by Crippen LogP contribution is 2.43. The first-order valence-corrected chi connectivity index (χ1v) is 17.2. The summed E-state index contributed by atoms with van der Waals surface area (Å²) in [5.41, 5.74) is 0. The van der Waals surface area contributed by atoms with Gasteiger partial charge in [-0.3, -0.25) is 0 Å². The van der Waals surface area contributed by atoms with Crippen molar-refractivity contribution in [2.75, 3.05) is 0 Å². The minimum absolute atomic E-state index is 1.25. The van der Waals surface area contributed by atoms with Gasteiger partial charge in [0.2, 0.25) is 0 Å². The summed E-state index contributed by atoms with van der Waals surface area (Å²) in [5, 5.41) is 6.03. The molecule has 4 aromatic rings. The number of benzene rings is 2. The third-order valence-electron chi connectivity index (χ3n) is 4.81. The third-order valence-corrected chi connectivity index (χ3v) is 11.4. The number of fused-ring (bicyclic) bond motifs is 5. The fourth-order valence-corrected chi connectivity index (χ4v) is 8.45. The Morgan fingerprint density at radius 3 is 1.29 bits per heavy atom. The van der Waals surface area contributed by atoms with E-state index in [-0.39, 0.29) is 0 Å². The number of hydrogen-bond donors (Lipinski definition) is 0. The average molecular weight is 385 g/mol. The summed E-state index contributed by atoms with van der Waals surface area (Å²) in [5.74, 6) is 0. The predicted octanol–water partition coefficient (Wildman–Crippen LogP) is 6.36. The molecule has 4 rings (SSSR count). The molecular weight excluding hydrogens is 361 g/mol. The van der Waals surface area contributed by atoms with E-state index in [2.05, 4.69) is 75.7 Å². The summed E-state index contributed by atoms with van der Waals surface area (Å²) < 4.78 is 5.90. The van der Waals surface area contributed by atoms with Crippen molar-refractivity contribution < 1.29 is 0 Å². The van der Waals surface area contributed by atoms with E-state index in [1.54, 1.807) is 10.4 Å². The van der Waals surface area contributed by atoms with Gasteiger partial charge in [-0.05, 0) is 12.1 Å². The molecule has 124 valence electrons. The van der Waals surface area contributed by atoms with Crippen LogP contribution in [0, 0.1) is 0 Å². The van der Waals surface area contributed by atoms with Crippen LogP contribution in [0.1, 0.15) is 0 Å². The molecule has 24 heavy (non-hydrogen) atoms. The van der Waals surface area contributed by atoms with Gasteiger partial charge in [-0.2, -0.15) is 0 Å². The van der Waals surface area contributed by atoms with Crippen LogP contribution in [-0.4, -0.2) is 16.1 Å². The molecule has 0 saturated heterocycles. The van der Waals surface area contributed by atoms with Gasteiger partial charge in [-0.1, -0.05) is 73.9 Å². The van der Waals surface area contributed by atoms with Gasteiger partial charge in [0.1, 0.15) is 0 Å². The first kappa shape index (κ1) is 16.5. The van der Waals surface area contributed by atoms with E-state index in [4.69, 9.17) is 0 Å². The van der Waals surface area contributed by atoms with Crippen LogP contribution in [0.3, 0.4) is 0 Å². The van der Waals surface area contributed by atoms with Crippen molar-refractivity contribution in [3.63, 3.8) is 0 Å². The predicted molar refractivity (Wildman–Crippen MR) is 121 cm³/mol. The maximum absolute atomic E-state index is 2.46. The molecule has 0 fully saturated rings. The highest BCUT2D eigenvalue weighted by atomic mass is 32.1. The molecule has 0 radical (unpaired) electrons. The monoisotopic (exact) mass is 384 g/mol. The third kappa shape index (κ3) is 2.60. The van der Waals surface area contributed by atoms with Crippen molar-refractivity contribution in [3.8, 4) is 0 Å².